The lowest BCUT2D eigenvalue weighted by atomic mass is 10.1. The molecule has 0 unspecified atom stereocenters. The Hall–Kier alpha value is -2.07. The molecule has 102 valence electrons. The van der Waals surface area contributed by atoms with E-state index in [2.05, 4.69) is 60.3 Å². The van der Waals surface area contributed by atoms with Gasteiger partial charge < -0.3 is 10.6 Å². The standard InChI is InChI=1S/C16H17N3S/c1-3-11-6-4-5-7-14(11)19(2)12-8-9-13-15(10-12)20-16(17)18-13/h4-10H,3H2,1-2H3,(H2,17,18). The van der Waals surface area contributed by atoms with E-state index in [1.54, 1.807) is 0 Å². The first-order valence-electron chi connectivity index (χ1n) is 6.66. The van der Waals surface area contributed by atoms with Gasteiger partial charge in [-0.05, 0) is 36.2 Å². The number of hydrogen-bond donors (Lipinski definition) is 1. The van der Waals surface area contributed by atoms with Gasteiger partial charge in [0.05, 0.1) is 10.2 Å². The summed E-state index contributed by atoms with van der Waals surface area (Å²) >= 11 is 1.53. The topological polar surface area (TPSA) is 42.2 Å². The van der Waals surface area contributed by atoms with Crippen molar-refractivity contribution in [1.29, 1.82) is 0 Å². The van der Waals surface area contributed by atoms with Crippen molar-refractivity contribution in [1.82, 2.24) is 4.98 Å². The average Bonchev–Trinajstić information content (AvgIpc) is 2.85. The Morgan fingerprint density at radius 1 is 1.20 bits per heavy atom. The molecule has 4 heteroatoms. The Bertz CT molecular complexity index is 748. The maximum atomic E-state index is 5.77. The van der Waals surface area contributed by atoms with Gasteiger partial charge >= 0.3 is 0 Å². The third-order valence-electron chi connectivity index (χ3n) is 3.51. The van der Waals surface area contributed by atoms with Crippen molar-refractivity contribution in [2.45, 2.75) is 13.3 Å². The van der Waals surface area contributed by atoms with Crippen LogP contribution in [-0.2, 0) is 6.42 Å². The molecule has 2 N–H and O–H groups in total. The van der Waals surface area contributed by atoms with Gasteiger partial charge in [-0.15, -0.1) is 0 Å². The summed E-state index contributed by atoms with van der Waals surface area (Å²) in [7, 11) is 2.10. The SMILES string of the molecule is CCc1ccccc1N(C)c1ccc2nc(N)sc2c1. The summed E-state index contributed by atoms with van der Waals surface area (Å²) in [6.45, 7) is 2.18. The first-order valence-corrected chi connectivity index (χ1v) is 7.48. The van der Waals surface area contributed by atoms with Crippen LogP contribution in [0.4, 0.5) is 16.5 Å². The number of nitrogen functional groups attached to an aromatic ring is 1. The van der Waals surface area contributed by atoms with E-state index in [-0.39, 0.29) is 0 Å². The summed E-state index contributed by atoms with van der Waals surface area (Å²) in [6.07, 6.45) is 1.02. The molecule has 0 bridgehead atoms. The molecule has 20 heavy (non-hydrogen) atoms. The third-order valence-corrected chi connectivity index (χ3v) is 4.36. The van der Waals surface area contributed by atoms with Crippen LogP contribution in [0.15, 0.2) is 42.5 Å². The van der Waals surface area contributed by atoms with Gasteiger partial charge in [0, 0.05) is 18.4 Å². The van der Waals surface area contributed by atoms with Crippen LogP contribution in [0.2, 0.25) is 0 Å². The lowest BCUT2D eigenvalue weighted by molar-refractivity contribution is 1.09. The van der Waals surface area contributed by atoms with Crippen molar-refractivity contribution >= 4 is 38.1 Å². The van der Waals surface area contributed by atoms with Gasteiger partial charge in [0.1, 0.15) is 0 Å². The van der Waals surface area contributed by atoms with Crippen LogP contribution in [0.1, 0.15) is 12.5 Å². The number of nitrogens with zero attached hydrogens (tertiary/aromatic N) is 2. The van der Waals surface area contributed by atoms with Crippen molar-refractivity contribution in [3.63, 3.8) is 0 Å². The number of benzene rings is 2. The highest BCUT2D eigenvalue weighted by molar-refractivity contribution is 7.22. The molecule has 0 aliphatic carbocycles. The minimum Gasteiger partial charge on any atom is -0.375 e. The molecule has 0 saturated carbocycles. The summed E-state index contributed by atoms with van der Waals surface area (Å²) in [5, 5.41) is 0.619. The average molecular weight is 283 g/mol. The van der Waals surface area contributed by atoms with Crippen molar-refractivity contribution in [2.75, 3.05) is 17.7 Å². The molecular weight excluding hydrogens is 266 g/mol. The zero-order valence-electron chi connectivity index (χ0n) is 11.6. The fourth-order valence-electron chi connectivity index (χ4n) is 2.42. The number of para-hydroxylation sites is 1. The van der Waals surface area contributed by atoms with E-state index in [9.17, 15) is 0 Å². The summed E-state index contributed by atoms with van der Waals surface area (Å²) in [6, 6.07) is 14.8. The molecule has 1 aromatic heterocycles. The van der Waals surface area contributed by atoms with Crippen LogP contribution in [0.5, 0.6) is 0 Å². The molecule has 0 radical (unpaired) electrons. The molecule has 2 aromatic carbocycles. The number of rotatable bonds is 3. The quantitative estimate of drug-likeness (QED) is 0.783. The minimum absolute atomic E-state index is 0.619. The Morgan fingerprint density at radius 2 is 2.00 bits per heavy atom. The second-order valence-electron chi connectivity index (χ2n) is 4.75. The van der Waals surface area contributed by atoms with Gasteiger partial charge in [-0.3, -0.25) is 0 Å². The molecule has 0 saturated heterocycles. The van der Waals surface area contributed by atoms with Gasteiger partial charge in [-0.25, -0.2) is 4.98 Å². The highest BCUT2D eigenvalue weighted by atomic mass is 32.1. The van der Waals surface area contributed by atoms with Crippen LogP contribution >= 0.6 is 11.3 Å². The predicted octanol–water partition coefficient (Wildman–Crippen LogP) is 4.21. The fraction of sp³-hybridized carbons (Fsp3) is 0.188. The molecule has 0 amide bonds. The van der Waals surface area contributed by atoms with E-state index in [1.165, 1.54) is 22.6 Å². The number of aryl methyl sites for hydroxylation is 1. The Labute approximate surface area is 122 Å². The van der Waals surface area contributed by atoms with E-state index in [4.69, 9.17) is 5.73 Å². The zero-order valence-corrected chi connectivity index (χ0v) is 12.4. The minimum atomic E-state index is 0.619. The predicted molar refractivity (Wildman–Crippen MR) is 87.9 cm³/mol. The van der Waals surface area contributed by atoms with Crippen LogP contribution in [-0.4, -0.2) is 12.0 Å². The normalized spacial score (nSPS) is 10.9. The molecule has 3 nitrogen and oxygen atoms in total. The van der Waals surface area contributed by atoms with E-state index < -0.39 is 0 Å². The van der Waals surface area contributed by atoms with Crippen molar-refractivity contribution < 1.29 is 0 Å². The molecule has 0 atom stereocenters. The first-order chi connectivity index (χ1) is 9.69. The molecule has 3 aromatic rings. The summed E-state index contributed by atoms with van der Waals surface area (Å²) in [5.74, 6) is 0. The summed E-state index contributed by atoms with van der Waals surface area (Å²) < 4.78 is 1.13. The lowest BCUT2D eigenvalue weighted by Crippen LogP contribution is -2.11. The Kier molecular flexibility index (Phi) is 3.32. The number of anilines is 3. The second kappa shape index (κ2) is 5.13. The molecule has 3 rings (SSSR count). The van der Waals surface area contributed by atoms with Gasteiger partial charge in [0.25, 0.3) is 0 Å². The van der Waals surface area contributed by atoms with Crippen molar-refractivity contribution in [3.05, 3.63) is 48.0 Å². The number of nitrogens with two attached hydrogens (primary N) is 1. The molecule has 0 aliphatic heterocycles. The number of thiazole rings is 1. The Balaban J connectivity index is 2.05. The Morgan fingerprint density at radius 3 is 2.80 bits per heavy atom. The smallest absolute Gasteiger partial charge is 0.181 e. The van der Waals surface area contributed by atoms with Gasteiger partial charge in [-0.2, -0.15) is 0 Å². The largest absolute Gasteiger partial charge is 0.375 e. The molecular formula is C16H17N3S. The molecule has 0 spiro atoms. The number of aromatic nitrogens is 1. The maximum Gasteiger partial charge on any atom is 0.181 e. The van der Waals surface area contributed by atoms with Crippen molar-refractivity contribution in [2.24, 2.45) is 0 Å². The van der Waals surface area contributed by atoms with Crippen LogP contribution in [0.25, 0.3) is 10.2 Å². The summed E-state index contributed by atoms with van der Waals surface area (Å²) in [5.41, 5.74) is 10.5. The van der Waals surface area contributed by atoms with Gasteiger partial charge in [0.2, 0.25) is 0 Å². The first kappa shape index (κ1) is 12.9. The van der Waals surface area contributed by atoms with E-state index >= 15 is 0 Å². The molecule has 1 heterocycles. The van der Waals surface area contributed by atoms with E-state index in [0.29, 0.717) is 5.13 Å². The van der Waals surface area contributed by atoms with Crippen LogP contribution in [0.3, 0.4) is 0 Å². The van der Waals surface area contributed by atoms with Gasteiger partial charge in [-0.1, -0.05) is 36.5 Å². The lowest BCUT2D eigenvalue weighted by Gasteiger charge is -2.22. The monoisotopic (exact) mass is 283 g/mol. The number of fused-ring (bicyclic) bond motifs is 1. The maximum absolute atomic E-state index is 5.77. The van der Waals surface area contributed by atoms with E-state index in [1.807, 2.05) is 6.07 Å². The highest BCUT2D eigenvalue weighted by Gasteiger charge is 2.09. The van der Waals surface area contributed by atoms with Gasteiger partial charge in [0.15, 0.2) is 5.13 Å². The fourth-order valence-corrected chi connectivity index (χ4v) is 3.18. The third kappa shape index (κ3) is 2.23. The molecule has 0 aliphatic rings. The van der Waals surface area contributed by atoms with Crippen molar-refractivity contribution in [3.8, 4) is 0 Å². The highest BCUT2D eigenvalue weighted by Crippen LogP contribution is 2.32. The van der Waals surface area contributed by atoms with E-state index in [0.717, 1.165) is 22.3 Å². The van der Waals surface area contributed by atoms with Crippen LogP contribution in [0, 0.1) is 0 Å². The molecule has 0 fully saturated rings. The zero-order chi connectivity index (χ0) is 14.1. The second-order valence-corrected chi connectivity index (χ2v) is 5.81. The number of hydrogen-bond acceptors (Lipinski definition) is 4. The summed E-state index contributed by atoms with van der Waals surface area (Å²) in [4.78, 5) is 6.51. The van der Waals surface area contributed by atoms with Crippen LogP contribution < -0.4 is 10.6 Å².